The van der Waals surface area contributed by atoms with Crippen molar-refractivity contribution in [3.05, 3.63) is 0 Å². The predicted molar refractivity (Wildman–Crippen MR) is 91.7 cm³/mol. The SMILES string of the molecule is COC1(CN=C(N)N2CCCC(C)C2)CCOCC1.I. The van der Waals surface area contributed by atoms with Gasteiger partial charge in [-0.3, -0.25) is 4.99 Å². The number of hydrogen-bond acceptors (Lipinski definition) is 3. The average Bonchev–Trinajstić information content (AvgIpc) is 2.46. The van der Waals surface area contributed by atoms with Gasteiger partial charge < -0.3 is 20.1 Å². The molecule has 6 heteroatoms. The van der Waals surface area contributed by atoms with E-state index in [9.17, 15) is 0 Å². The fraction of sp³-hybridized carbons (Fsp3) is 0.929. The highest BCUT2D eigenvalue weighted by atomic mass is 127. The van der Waals surface area contributed by atoms with Gasteiger partial charge in [-0.1, -0.05) is 6.92 Å². The molecule has 2 fully saturated rings. The first-order valence-electron chi connectivity index (χ1n) is 7.33. The molecule has 2 rings (SSSR count). The van der Waals surface area contributed by atoms with Crippen molar-refractivity contribution in [3.63, 3.8) is 0 Å². The smallest absolute Gasteiger partial charge is 0.191 e. The molecular formula is C14H28IN3O2. The van der Waals surface area contributed by atoms with Gasteiger partial charge in [0.15, 0.2) is 5.96 Å². The van der Waals surface area contributed by atoms with E-state index in [0.29, 0.717) is 18.4 Å². The third kappa shape index (κ3) is 4.73. The molecule has 0 radical (unpaired) electrons. The van der Waals surface area contributed by atoms with E-state index in [-0.39, 0.29) is 29.6 Å². The minimum Gasteiger partial charge on any atom is -0.381 e. The first-order chi connectivity index (χ1) is 9.15. The van der Waals surface area contributed by atoms with Crippen molar-refractivity contribution in [2.75, 3.05) is 40.0 Å². The zero-order chi connectivity index (χ0) is 13.7. The number of rotatable bonds is 3. The van der Waals surface area contributed by atoms with E-state index in [1.54, 1.807) is 7.11 Å². The molecule has 2 N–H and O–H groups in total. The molecule has 0 bridgehead atoms. The van der Waals surface area contributed by atoms with Crippen LogP contribution in [0.5, 0.6) is 0 Å². The maximum absolute atomic E-state index is 6.13. The number of aliphatic imine (C=N–C) groups is 1. The van der Waals surface area contributed by atoms with E-state index < -0.39 is 0 Å². The summed E-state index contributed by atoms with van der Waals surface area (Å²) in [5.74, 6) is 1.39. The second kappa shape index (κ2) is 8.38. The molecule has 20 heavy (non-hydrogen) atoms. The van der Waals surface area contributed by atoms with E-state index in [1.807, 2.05) is 0 Å². The number of guanidine groups is 1. The Morgan fingerprint density at radius 2 is 2.15 bits per heavy atom. The zero-order valence-electron chi connectivity index (χ0n) is 12.6. The lowest BCUT2D eigenvalue weighted by Crippen LogP contribution is -2.46. The molecule has 2 heterocycles. The summed E-state index contributed by atoms with van der Waals surface area (Å²) >= 11 is 0. The van der Waals surface area contributed by atoms with E-state index in [2.05, 4.69) is 16.8 Å². The predicted octanol–water partition coefficient (Wildman–Crippen LogP) is 1.85. The number of ether oxygens (including phenoxy) is 2. The monoisotopic (exact) mass is 397 g/mol. The average molecular weight is 397 g/mol. The third-order valence-electron chi connectivity index (χ3n) is 4.35. The van der Waals surface area contributed by atoms with Crippen LogP contribution in [0.1, 0.15) is 32.6 Å². The Morgan fingerprint density at radius 3 is 2.75 bits per heavy atom. The van der Waals surface area contributed by atoms with Crippen molar-refractivity contribution < 1.29 is 9.47 Å². The Kier molecular flexibility index (Phi) is 7.53. The summed E-state index contributed by atoms with van der Waals surface area (Å²) in [5.41, 5.74) is 5.95. The zero-order valence-corrected chi connectivity index (χ0v) is 15.0. The highest BCUT2D eigenvalue weighted by Gasteiger charge is 2.32. The molecule has 0 aromatic rings. The maximum Gasteiger partial charge on any atom is 0.191 e. The molecule has 1 unspecified atom stereocenters. The molecule has 118 valence electrons. The summed E-state index contributed by atoms with van der Waals surface area (Å²) in [6, 6.07) is 0. The van der Waals surface area contributed by atoms with Gasteiger partial charge in [0.1, 0.15) is 0 Å². The highest BCUT2D eigenvalue weighted by Crippen LogP contribution is 2.25. The van der Waals surface area contributed by atoms with Gasteiger partial charge >= 0.3 is 0 Å². The summed E-state index contributed by atoms with van der Waals surface area (Å²) in [6.45, 7) is 6.48. The molecule has 0 saturated carbocycles. The van der Waals surface area contributed by atoms with Gasteiger partial charge in [0.2, 0.25) is 0 Å². The van der Waals surface area contributed by atoms with Gasteiger partial charge in [-0.25, -0.2) is 0 Å². The van der Waals surface area contributed by atoms with Gasteiger partial charge in [0, 0.05) is 46.3 Å². The van der Waals surface area contributed by atoms with Crippen molar-refractivity contribution in [3.8, 4) is 0 Å². The Balaban J connectivity index is 0.00000200. The van der Waals surface area contributed by atoms with Crippen molar-refractivity contribution in [1.82, 2.24) is 4.90 Å². The Morgan fingerprint density at radius 1 is 1.45 bits per heavy atom. The minimum atomic E-state index is -0.176. The molecule has 2 saturated heterocycles. The lowest BCUT2D eigenvalue weighted by atomic mass is 9.94. The van der Waals surface area contributed by atoms with Crippen molar-refractivity contribution in [2.24, 2.45) is 16.6 Å². The number of halogens is 1. The van der Waals surface area contributed by atoms with Crippen LogP contribution >= 0.6 is 24.0 Å². The lowest BCUT2D eigenvalue weighted by molar-refractivity contribution is -0.0829. The molecule has 2 aliphatic rings. The van der Waals surface area contributed by atoms with Gasteiger partial charge in [-0.15, -0.1) is 24.0 Å². The molecule has 0 aromatic carbocycles. The van der Waals surface area contributed by atoms with Crippen molar-refractivity contribution in [1.29, 1.82) is 0 Å². The van der Waals surface area contributed by atoms with Gasteiger partial charge in [-0.2, -0.15) is 0 Å². The fourth-order valence-electron chi connectivity index (χ4n) is 2.89. The van der Waals surface area contributed by atoms with E-state index >= 15 is 0 Å². The Hall–Kier alpha value is -0.0800. The standard InChI is InChI=1S/C14H27N3O2.HI/c1-12-4-3-7-17(10-12)13(15)16-11-14(18-2)5-8-19-9-6-14;/h12H,3-11H2,1-2H3,(H2,15,16);1H. The summed E-state index contributed by atoms with van der Waals surface area (Å²) < 4.78 is 11.1. The molecule has 0 amide bonds. The van der Waals surface area contributed by atoms with Crippen molar-refractivity contribution >= 4 is 29.9 Å². The number of methoxy groups -OCH3 is 1. The first-order valence-corrected chi connectivity index (χ1v) is 7.33. The second-order valence-corrected chi connectivity index (χ2v) is 5.87. The molecule has 1 atom stereocenters. The van der Waals surface area contributed by atoms with Gasteiger partial charge in [0.05, 0.1) is 12.1 Å². The van der Waals surface area contributed by atoms with Gasteiger partial charge in [-0.05, 0) is 18.8 Å². The summed E-state index contributed by atoms with van der Waals surface area (Å²) in [7, 11) is 1.76. The van der Waals surface area contributed by atoms with Crippen LogP contribution in [0.25, 0.3) is 0 Å². The third-order valence-corrected chi connectivity index (χ3v) is 4.35. The van der Waals surface area contributed by atoms with Crippen LogP contribution in [-0.2, 0) is 9.47 Å². The fourth-order valence-corrected chi connectivity index (χ4v) is 2.89. The topological polar surface area (TPSA) is 60.1 Å². The lowest BCUT2D eigenvalue weighted by Gasteiger charge is -2.36. The Labute approximate surface area is 139 Å². The van der Waals surface area contributed by atoms with Crippen LogP contribution in [0.4, 0.5) is 0 Å². The van der Waals surface area contributed by atoms with Crippen LogP contribution < -0.4 is 5.73 Å². The number of nitrogens with two attached hydrogens (primary N) is 1. The number of nitrogens with zero attached hydrogens (tertiary/aromatic N) is 2. The molecule has 2 aliphatic heterocycles. The van der Waals surface area contributed by atoms with Crippen LogP contribution in [0.3, 0.4) is 0 Å². The minimum absolute atomic E-state index is 0. The largest absolute Gasteiger partial charge is 0.381 e. The molecule has 0 aliphatic carbocycles. The second-order valence-electron chi connectivity index (χ2n) is 5.87. The van der Waals surface area contributed by atoms with Crippen LogP contribution in [0.2, 0.25) is 0 Å². The highest BCUT2D eigenvalue weighted by molar-refractivity contribution is 14.0. The number of likely N-dealkylation sites (tertiary alicyclic amines) is 1. The first kappa shape index (κ1) is 18.0. The van der Waals surface area contributed by atoms with Crippen molar-refractivity contribution in [2.45, 2.75) is 38.2 Å². The number of hydrogen-bond donors (Lipinski definition) is 1. The van der Waals surface area contributed by atoms with E-state index in [4.69, 9.17) is 15.2 Å². The molecule has 0 spiro atoms. The quantitative estimate of drug-likeness (QED) is 0.449. The molecular weight excluding hydrogens is 369 g/mol. The van der Waals surface area contributed by atoms with Crippen LogP contribution in [0.15, 0.2) is 4.99 Å². The summed E-state index contributed by atoms with van der Waals surface area (Å²) in [4.78, 5) is 6.79. The summed E-state index contributed by atoms with van der Waals surface area (Å²) in [6.07, 6.45) is 4.30. The molecule has 0 aromatic heterocycles. The van der Waals surface area contributed by atoms with E-state index in [1.165, 1.54) is 12.8 Å². The summed E-state index contributed by atoms with van der Waals surface area (Å²) in [5, 5.41) is 0. The van der Waals surface area contributed by atoms with Crippen LogP contribution in [-0.4, -0.2) is 56.4 Å². The molecule has 5 nitrogen and oxygen atoms in total. The Bertz CT molecular complexity index is 320. The van der Waals surface area contributed by atoms with E-state index in [0.717, 1.165) is 39.1 Å². The van der Waals surface area contributed by atoms with Crippen LogP contribution in [0, 0.1) is 5.92 Å². The maximum atomic E-state index is 6.13. The number of piperidine rings is 1. The normalized spacial score (nSPS) is 27.0. The van der Waals surface area contributed by atoms with Gasteiger partial charge in [0.25, 0.3) is 0 Å².